The lowest BCUT2D eigenvalue weighted by atomic mass is 9.97. The van der Waals surface area contributed by atoms with E-state index in [4.69, 9.17) is 0 Å². The van der Waals surface area contributed by atoms with E-state index >= 15 is 0 Å². The lowest BCUT2D eigenvalue weighted by molar-refractivity contribution is 1.08. The highest BCUT2D eigenvalue weighted by molar-refractivity contribution is 5.73. The van der Waals surface area contributed by atoms with E-state index in [1.54, 1.807) is 0 Å². The predicted molar refractivity (Wildman–Crippen MR) is 89.2 cm³/mol. The zero-order chi connectivity index (χ0) is 14.7. The summed E-state index contributed by atoms with van der Waals surface area (Å²) in [5.41, 5.74) is 7.39. The van der Waals surface area contributed by atoms with Crippen LogP contribution in [0.25, 0.3) is 22.4 Å². The highest BCUT2D eigenvalue weighted by Crippen LogP contribution is 2.28. The molecule has 0 unspecified atom stereocenters. The van der Waals surface area contributed by atoms with Crippen LogP contribution in [-0.4, -0.2) is 4.98 Å². The number of nitrogens with zero attached hydrogens (tertiary/aromatic N) is 1. The first-order valence-electron chi connectivity index (χ1n) is 7.40. The van der Waals surface area contributed by atoms with Gasteiger partial charge in [0.15, 0.2) is 0 Å². The molecule has 0 saturated heterocycles. The number of rotatable bonds is 3. The van der Waals surface area contributed by atoms with Crippen molar-refractivity contribution in [3.05, 3.63) is 78.0 Å². The third-order valence-corrected chi connectivity index (χ3v) is 3.94. The van der Waals surface area contributed by atoms with Crippen LogP contribution in [-0.2, 0) is 6.42 Å². The van der Waals surface area contributed by atoms with Crippen molar-refractivity contribution in [3.8, 4) is 22.4 Å². The fraction of sp³-hybridized carbons (Fsp3) is 0.150. The molecule has 0 atom stereocenters. The molecule has 0 fully saturated rings. The average molecular weight is 273 g/mol. The molecule has 0 spiro atoms. The molecule has 3 rings (SSSR count). The van der Waals surface area contributed by atoms with Crippen molar-refractivity contribution in [2.75, 3.05) is 0 Å². The molecule has 2 aromatic carbocycles. The van der Waals surface area contributed by atoms with Crippen molar-refractivity contribution in [1.82, 2.24) is 4.98 Å². The van der Waals surface area contributed by atoms with Crippen LogP contribution in [0, 0.1) is 6.92 Å². The largest absolute Gasteiger partial charge is 0.256 e. The maximum Gasteiger partial charge on any atom is 0.0734 e. The molecular weight excluding hydrogens is 254 g/mol. The van der Waals surface area contributed by atoms with Crippen molar-refractivity contribution in [2.24, 2.45) is 0 Å². The van der Waals surface area contributed by atoms with Gasteiger partial charge in [0.25, 0.3) is 0 Å². The molecule has 1 heterocycles. The Hall–Kier alpha value is -2.41. The van der Waals surface area contributed by atoms with E-state index in [1.165, 1.54) is 27.8 Å². The summed E-state index contributed by atoms with van der Waals surface area (Å²) in [5, 5.41) is 0. The summed E-state index contributed by atoms with van der Waals surface area (Å²) >= 11 is 0. The zero-order valence-electron chi connectivity index (χ0n) is 12.5. The summed E-state index contributed by atoms with van der Waals surface area (Å²) in [5.74, 6) is 0. The number of pyridine rings is 1. The van der Waals surface area contributed by atoms with Gasteiger partial charge in [-0.2, -0.15) is 0 Å². The minimum absolute atomic E-state index is 1.04. The molecule has 3 aromatic rings. The van der Waals surface area contributed by atoms with E-state index in [0.717, 1.165) is 12.1 Å². The molecule has 0 aliphatic rings. The summed E-state index contributed by atoms with van der Waals surface area (Å²) in [6, 6.07) is 21.2. The van der Waals surface area contributed by atoms with E-state index < -0.39 is 0 Å². The van der Waals surface area contributed by atoms with Gasteiger partial charge in [-0.1, -0.05) is 55.5 Å². The molecule has 0 N–H and O–H groups in total. The van der Waals surface area contributed by atoms with Gasteiger partial charge in [-0.25, -0.2) is 0 Å². The number of aromatic nitrogens is 1. The lowest BCUT2D eigenvalue weighted by Crippen LogP contribution is -1.94. The Kier molecular flexibility index (Phi) is 3.83. The second-order valence-electron chi connectivity index (χ2n) is 5.24. The van der Waals surface area contributed by atoms with Crippen LogP contribution in [0.5, 0.6) is 0 Å². The van der Waals surface area contributed by atoms with Gasteiger partial charge in [-0.15, -0.1) is 0 Å². The van der Waals surface area contributed by atoms with Crippen molar-refractivity contribution in [2.45, 2.75) is 20.3 Å². The third kappa shape index (κ3) is 2.73. The van der Waals surface area contributed by atoms with Gasteiger partial charge >= 0.3 is 0 Å². The van der Waals surface area contributed by atoms with Gasteiger partial charge in [0.2, 0.25) is 0 Å². The number of hydrogen-bond acceptors (Lipinski definition) is 1. The SMILES string of the molecule is CCc1ccnc(-c2cccc(-c3ccccc3)c2)c1C. The van der Waals surface area contributed by atoms with Gasteiger partial charge in [0.1, 0.15) is 0 Å². The van der Waals surface area contributed by atoms with Crippen LogP contribution in [0.2, 0.25) is 0 Å². The van der Waals surface area contributed by atoms with E-state index in [1.807, 2.05) is 12.3 Å². The summed E-state index contributed by atoms with van der Waals surface area (Å²) < 4.78 is 0. The summed E-state index contributed by atoms with van der Waals surface area (Å²) in [6.45, 7) is 4.35. The molecule has 1 nitrogen and oxygen atoms in total. The second kappa shape index (κ2) is 5.92. The van der Waals surface area contributed by atoms with E-state index in [0.29, 0.717) is 0 Å². The topological polar surface area (TPSA) is 12.9 Å². The van der Waals surface area contributed by atoms with Gasteiger partial charge in [-0.3, -0.25) is 4.98 Å². The Morgan fingerprint density at radius 2 is 1.52 bits per heavy atom. The first kappa shape index (κ1) is 13.6. The molecule has 104 valence electrons. The lowest BCUT2D eigenvalue weighted by Gasteiger charge is -2.10. The summed E-state index contributed by atoms with van der Waals surface area (Å²) in [6.07, 6.45) is 2.95. The van der Waals surface area contributed by atoms with E-state index in [2.05, 4.69) is 73.4 Å². The second-order valence-corrected chi connectivity index (χ2v) is 5.24. The van der Waals surface area contributed by atoms with Crippen LogP contribution in [0.4, 0.5) is 0 Å². The predicted octanol–water partition coefficient (Wildman–Crippen LogP) is 5.29. The molecule has 0 saturated carbocycles. The Morgan fingerprint density at radius 1 is 0.810 bits per heavy atom. The minimum Gasteiger partial charge on any atom is -0.256 e. The normalized spacial score (nSPS) is 10.6. The first-order chi connectivity index (χ1) is 10.3. The average Bonchev–Trinajstić information content (AvgIpc) is 2.56. The highest BCUT2D eigenvalue weighted by Gasteiger charge is 2.07. The summed E-state index contributed by atoms with van der Waals surface area (Å²) in [4.78, 5) is 4.59. The molecule has 0 aliphatic carbocycles. The quantitative estimate of drug-likeness (QED) is 0.632. The van der Waals surface area contributed by atoms with Crippen LogP contribution < -0.4 is 0 Å². The standard InChI is InChI=1S/C20H19N/c1-3-16-12-13-21-20(15(16)2)19-11-7-10-18(14-19)17-8-5-4-6-9-17/h4-14H,3H2,1-2H3. The molecule has 0 bridgehead atoms. The van der Waals surface area contributed by atoms with Gasteiger partial charge in [0, 0.05) is 11.8 Å². The third-order valence-electron chi connectivity index (χ3n) is 3.94. The maximum absolute atomic E-state index is 4.59. The van der Waals surface area contributed by atoms with Crippen LogP contribution in [0.3, 0.4) is 0 Å². The minimum atomic E-state index is 1.04. The van der Waals surface area contributed by atoms with E-state index in [9.17, 15) is 0 Å². The number of aryl methyl sites for hydroxylation is 1. The van der Waals surface area contributed by atoms with Crippen molar-refractivity contribution < 1.29 is 0 Å². The molecule has 1 heteroatoms. The Bertz CT molecular complexity index is 745. The zero-order valence-corrected chi connectivity index (χ0v) is 12.5. The maximum atomic E-state index is 4.59. The Morgan fingerprint density at radius 3 is 2.29 bits per heavy atom. The Labute approximate surface area is 126 Å². The highest BCUT2D eigenvalue weighted by atomic mass is 14.7. The van der Waals surface area contributed by atoms with Crippen molar-refractivity contribution in [1.29, 1.82) is 0 Å². The van der Waals surface area contributed by atoms with Gasteiger partial charge < -0.3 is 0 Å². The van der Waals surface area contributed by atoms with Crippen molar-refractivity contribution in [3.63, 3.8) is 0 Å². The Balaban J connectivity index is 2.09. The molecule has 0 radical (unpaired) electrons. The smallest absolute Gasteiger partial charge is 0.0734 e. The van der Waals surface area contributed by atoms with Crippen LogP contribution in [0.1, 0.15) is 18.1 Å². The molecule has 1 aromatic heterocycles. The molecule has 21 heavy (non-hydrogen) atoms. The first-order valence-corrected chi connectivity index (χ1v) is 7.40. The van der Waals surface area contributed by atoms with Crippen LogP contribution >= 0.6 is 0 Å². The number of hydrogen-bond donors (Lipinski definition) is 0. The molecule has 0 amide bonds. The van der Waals surface area contributed by atoms with Gasteiger partial charge in [-0.05, 0) is 47.7 Å². The monoisotopic (exact) mass is 273 g/mol. The molecule has 0 aliphatic heterocycles. The fourth-order valence-electron chi connectivity index (χ4n) is 2.73. The molecular formula is C20H19N. The number of benzene rings is 2. The van der Waals surface area contributed by atoms with Crippen molar-refractivity contribution >= 4 is 0 Å². The van der Waals surface area contributed by atoms with Gasteiger partial charge in [0.05, 0.1) is 5.69 Å². The summed E-state index contributed by atoms with van der Waals surface area (Å²) in [7, 11) is 0. The fourth-order valence-corrected chi connectivity index (χ4v) is 2.73. The van der Waals surface area contributed by atoms with Crippen LogP contribution in [0.15, 0.2) is 66.9 Å². The van der Waals surface area contributed by atoms with E-state index in [-0.39, 0.29) is 0 Å².